The lowest BCUT2D eigenvalue weighted by molar-refractivity contribution is -0.130. The zero-order valence-corrected chi connectivity index (χ0v) is 12.5. The summed E-state index contributed by atoms with van der Waals surface area (Å²) in [5.41, 5.74) is 0.741. The third-order valence-electron chi connectivity index (χ3n) is 3.50. The highest BCUT2D eigenvalue weighted by Gasteiger charge is 2.19. The van der Waals surface area contributed by atoms with E-state index in [4.69, 9.17) is 23.2 Å². The van der Waals surface area contributed by atoms with Gasteiger partial charge in [-0.1, -0.05) is 30.1 Å². The summed E-state index contributed by atoms with van der Waals surface area (Å²) in [5.74, 6) is 0.848. The number of piperidine rings is 1. The van der Waals surface area contributed by atoms with E-state index in [1.54, 1.807) is 18.2 Å². The number of hydrogen-bond donors (Lipinski definition) is 1. The summed E-state index contributed by atoms with van der Waals surface area (Å²) < 4.78 is 0. The number of carbonyl (C=O) groups excluding carboxylic acids is 1. The molecule has 1 fully saturated rings. The van der Waals surface area contributed by atoms with Crippen molar-refractivity contribution in [3.05, 3.63) is 28.2 Å². The van der Waals surface area contributed by atoms with Crippen LogP contribution in [0.2, 0.25) is 10.0 Å². The maximum absolute atomic E-state index is 12.1. The van der Waals surface area contributed by atoms with Crippen LogP contribution in [0.5, 0.6) is 0 Å². The van der Waals surface area contributed by atoms with Crippen LogP contribution in [-0.4, -0.2) is 30.4 Å². The van der Waals surface area contributed by atoms with Gasteiger partial charge in [0.05, 0.1) is 17.3 Å². The molecule has 1 heterocycles. The molecule has 0 unspecified atom stereocenters. The van der Waals surface area contributed by atoms with Crippen molar-refractivity contribution < 1.29 is 4.79 Å². The first-order valence-corrected chi connectivity index (χ1v) is 7.28. The third kappa shape index (κ3) is 4.02. The molecule has 1 aliphatic rings. The van der Waals surface area contributed by atoms with Gasteiger partial charge >= 0.3 is 0 Å². The quantitative estimate of drug-likeness (QED) is 0.924. The topological polar surface area (TPSA) is 32.3 Å². The van der Waals surface area contributed by atoms with Gasteiger partial charge in [-0.05, 0) is 37.0 Å². The van der Waals surface area contributed by atoms with E-state index >= 15 is 0 Å². The Morgan fingerprint density at radius 2 is 2.05 bits per heavy atom. The van der Waals surface area contributed by atoms with Crippen molar-refractivity contribution in [3.63, 3.8) is 0 Å². The van der Waals surface area contributed by atoms with Gasteiger partial charge in [0, 0.05) is 18.1 Å². The fraction of sp³-hybridized carbons (Fsp3) is 0.500. The van der Waals surface area contributed by atoms with Gasteiger partial charge in [0.15, 0.2) is 0 Å². The van der Waals surface area contributed by atoms with E-state index in [1.165, 1.54) is 0 Å². The van der Waals surface area contributed by atoms with Crippen LogP contribution in [0, 0.1) is 5.92 Å². The van der Waals surface area contributed by atoms with Crippen molar-refractivity contribution in [2.24, 2.45) is 5.92 Å². The summed E-state index contributed by atoms with van der Waals surface area (Å²) in [6.45, 7) is 4.22. The van der Waals surface area contributed by atoms with E-state index in [1.807, 2.05) is 4.90 Å². The summed E-state index contributed by atoms with van der Waals surface area (Å²) in [4.78, 5) is 14.0. The summed E-state index contributed by atoms with van der Waals surface area (Å²) in [5, 5.41) is 4.19. The molecule has 1 N–H and O–H groups in total. The molecule has 104 valence electrons. The van der Waals surface area contributed by atoms with Crippen LogP contribution in [-0.2, 0) is 4.79 Å². The van der Waals surface area contributed by atoms with E-state index in [0.717, 1.165) is 37.5 Å². The van der Waals surface area contributed by atoms with Crippen LogP contribution < -0.4 is 5.32 Å². The number of anilines is 1. The fourth-order valence-corrected chi connectivity index (χ4v) is 2.65. The Bertz CT molecular complexity index is 457. The van der Waals surface area contributed by atoms with E-state index in [-0.39, 0.29) is 12.5 Å². The number of nitrogens with one attached hydrogen (secondary N) is 1. The maximum atomic E-state index is 12.1. The minimum absolute atomic E-state index is 0.123. The normalized spacial score (nSPS) is 16.5. The second-order valence-electron chi connectivity index (χ2n) is 5.04. The molecule has 2 rings (SSSR count). The number of halogens is 2. The molecule has 5 heteroatoms. The highest BCUT2D eigenvalue weighted by atomic mass is 35.5. The van der Waals surface area contributed by atoms with Crippen LogP contribution in [0.25, 0.3) is 0 Å². The van der Waals surface area contributed by atoms with Crippen LogP contribution in [0.3, 0.4) is 0 Å². The van der Waals surface area contributed by atoms with Crippen molar-refractivity contribution in [2.45, 2.75) is 19.8 Å². The summed E-state index contributed by atoms with van der Waals surface area (Å²) in [6, 6.07) is 5.21. The molecule has 0 aliphatic carbocycles. The number of carbonyl (C=O) groups is 1. The molecular weight excluding hydrogens is 283 g/mol. The van der Waals surface area contributed by atoms with E-state index in [2.05, 4.69) is 12.2 Å². The molecule has 1 amide bonds. The maximum Gasteiger partial charge on any atom is 0.241 e. The lowest BCUT2D eigenvalue weighted by atomic mass is 9.99. The van der Waals surface area contributed by atoms with Crippen molar-refractivity contribution >= 4 is 34.8 Å². The van der Waals surface area contributed by atoms with Gasteiger partial charge in [-0.25, -0.2) is 0 Å². The fourth-order valence-electron chi connectivity index (χ4n) is 2.17. The largest absolute Gasteiger partial charge is 0.375 e. The first-order chi connectivity index (χ1) is 9.06. The zero-order chi connectivity index (χ0) is 13.8. The Kier molecular flexibility index (Phi) is 4.94. The molecule has 0 saturated carbocycles. The smallest absolute Gasteiger partial charge is 0.241 e. The molecule has 1 saturated heterocycles. The summed E-state index contributed by atoms with van der Waals surface area (Å²) in [7, 11) is 0. The number of rotatable bonds is 3. The van der Waals surface area contributed by atoms with Gasteiger partial charge in [-0.2, -0.15) is 0 Å². The molecule has 1 aromatic rings. The number of hydrogen-bond acceptors (Lipinski definition) is 2. The minimum Gasteiger partial charge on any atom is -0.375 e. The standard InChI is InChI=1S/C14H18Cl2N2O/c1-10-4-6-18(7-5-10)14(19)9-17-13-3-2-11(15)8-12(13)16/h2-3,8,10,17H,4-7,9H2,1H3. The molecule has 0 radical (unpaired) electrons. The highest BCUT2D eigenvalue weighted by Crippen LogP contribution is 2.25. The van der Waals surface area contributed by atoms with Crippen LogP contribution in [0.4, 0.5) is 5.69 Å². The molecule has 0 bridgehead atoms. The molecule has 19 heavy (non-hydrogen) atoms. The molecule has 1 aromatic carbocycles. The number of nitrogens with zero attached hydrogens (tertiary/aromatic N) is 1. The first-order valence-electron chi connectivity index (χ1n) is 6.53. The van der Waals surface area contributed by atoms with Crippen LogP contribution >= 0.6 is 23.2 Å². The highest BCUT2D eigenvalue weighted by molar-refractivity contribution is 6.36. The van der Waals surface area contributed by atoms with Gasteiger partial charge in [0.25, 0.3) is 0 Å². The SMILES string of the molecule is CC1CCN(C(=O)CNc2ccc(Cl)cc2Cl)CC1. The van der Waals surface area contributed by atoms with Gasteiger partial charge in [-0.3, -0.25) is 4.79 Å². The number of likely N-dealkylation sites (tertiary alicyclic amines) is 1. The molecule has 3 nitrogen and oxygen atoms in total. The average Bonchev–Trinajstić information content (AvgIpc) is 2.38. The Morgan fingerprint density at radius 3 is 2.68 bits per heavy atom. The summed E-state index contributed by atoms with van der Waals surface area (Å²) >= 11 is 11.9. The van der Waals surface area contributed by atoms with Crippen molar-refractivity contribution in [2.75, 3.05) is 25.0 Å². The minimum atomic E-state index is 0.123. The third-order valence-corrected chi connectivity index (χ3v) is 4.05. The van der Waals surface area contributed by atoms with Crippen LogP contribution in [0.15, 0.2) is 18.2 Å². The predicted molar refractivity (Wildman–Crippen MR) is 79.9 cm³/mol. The van der Waals surface area contributed by atoms with Gasteiger partial charge < -0.3 is 10.2 Å². The van der Waals surface area contributed by atoms with E-state index in [9.17, 15) is 4.79 Å². The number of amides is 1. The molecule has 0 atom stereocenters. The zero-order valence-electron chi connectivity index (χ0n) is 11.0. The molecule has 0 aromatic heterocycles. The number of benzene rings is 1. The lowest BCUT2D eigenvalue weighted by Gasteiger charge is -2.30. The van der Waals surface area contributed by atoms with Gasteiger partial charge in [-0.15, -0.1) is 0 Å². The second-order valence-corrected chi connectivity index (χ2v) is 5.88. The molecule has 0 spiro atoms. The van der Waals surface area contributed by atoms with E-state index in [0.29, 0.717) is 10.0 Å². The predicted octanol–water partition coefficient (Wildman–Crippen LogP) is 3.66. The van der Waals surface area contributed by atoms with E-state index < -0.39 is 0 Å². The first kappa shape index (κ1) is 14.5. The van der Waals surface area contributed by atoms with Crippen molar-refractivity contribution in [1.82, 2.24) is 4.90 Å². The van der Waals surface area contributed by atoms with Gasteiger partial charge in [0.2, 0.25) is 5.91 Å². The Hall–Kier alpha value is -0.930. The van der Waals surface area contributed by atoms with Crippen LogP contribution in [0.1, 0.15) is 19.8 Å². The van der Waals surface area contributed by atoms with Gasteiger partial charge in [0.1, 0.15) is 0 Å². The van der Waals surface area contributed by atoms with Crippen molar-refractivity contribution in [3.8, 4) is 0 Å². The summed E-state index contributed by atoms with van der Waals surface area (Å²) in [6.07, 6.45) is 2.18. The second kappa shape index (κ2) is 6.49. The monoisotopic (exact) mass is 300 g/mol. The molecular formula is C14H18Cl2N2O. The lowest BCUT2D eigenvalue weighted by Crippen LogP contribution is -2.40. The Morgan fingerprint density at radius 1 is 1.37 bits per heavy atom. The molecule has 1 aliphatic heterocycles. The van der Waals surface area contributed by atoms with Crippen molar-refractivity contribution in [1.29, 1.82) is 0 Å². The Labute approximate surface area is 123 Å². The Balaban J connectivity index is 1.86. The average molecular weight is 301 g/mol.